The maximum Gasteiger partial charge on any atom is 0.222 e. The number of hydrogen-bond donors (Lipinski definition) is 0. The summed E-state index contributed by atoms with van der Waals surface area (Å²) in [4.78, 5) is 21.0. The number of rotatable bonds is 4. The third kappa shape index (κ3) is 4.29. The Balaban J connectivity index is 1.42. The minimum atomic E-state index is 0.385. The number of carbonyl (C=O) groups excluding carboxylic acids is 1. The number of aromatic nitrogens is 1. The van der Waals surface area contributed by atoms with Gasteiger partial charge in [0.25, 0.3) is 0 Å². The van der Waals surface area contributed by atoms with Crippen LogP contribution in [0.2, 0.25) is 0 Å². The Morgan fingerprint density at radius 1 is 1.05 bits per heavy atom. The molecule has 0 atom stereocenters. The van der Waals surface area contributed by atoms with E-state index in [0.717, 1.165) is 39.1 Å². The fourth-order valence-corrected chi connectivity index (χ4v) is 3.67. The molecule has 0 spiro atoms. The lowest BCUT2D eigenvalue weighted by Gasteiger charge is -2.35. The van der Waals surface area contributed by atoms with E-state index < -0.39 is 0 Å². The van der Waals surface area contributed by atoms with Gasteiger partial charge in [0.2, 0.25) is 5.91 Å². The van der Waals surface area contributed by atoms with Gasteiger partial charge in [0, 0.05) is 51.5 Å². The van der Waals surface area contributed by atoms with Crippen LogP contribution in [0.4, 0.5) is 0 Å². The molecule has 22 heavy (non-hydrogen) atoms. The van der Waals surface area contributed by atoms with Crippen LogP contribution >= 0.6 is 0 Å². The molecule has 0 radical (unpaired) electrons. The highest BCUT2D eigenvalue weighted by molar-refractivity contribution is 5.76. The average Bonchev–Trinajstić information content (AvgIpc) is 2.57. The van der Waals surface area contributed by atoms with E-state index in [4.69, 9.17) is 0 Å². The summed E-state index contributed by atoms with van der Waals surface area (Å²) >= 11 is 0. The molecule has 2 fully saturated rings. The predicted octanol–water partition coefficient (Wildman–Crippen LogP) is 2.70. The molecule has 0 bridgehead atoms. The van der Waals surface area contributed by atoms with E-state index in [0.29, 0.717) is 11.8 Å². The second-order valence-corrected chi connectivity index (χ2v) is 6.72. The predicted molar refractivity (Wildman–Crippen MR) is 87.3 cm³/mol. The van der Waals surface area contributed by atoms with Gasteiger partial charge in [-0.05, 0) is 36.5 Å². The maximum atomic E-state index is 12.4. The van der Waals surface area contributed by atoms with Crippen LogP contribution in [0.5, 0.6) is 0 Å². The van der Waals surface area contributed by atoms with E-state index in [1.54, 1.807) is 0 Å². The van der Waals surface area contributed by atoms with Crippen LogP contribution in [0.1, 0.15) is 44.1 Å². The van der Waals surface area contributed by atoms with Gasteiger partial charge in [-0.2, -0.15) is 0 Å². The Labute approximate surface area is 133 Å². The van der Waals surface area contributed by atoms with Crippen LogP contribution in [-0.4, -0.2) is 46.9 Å². The van der Waals surface area contributed by atoms with Crippen LogP contribution in [0.3, 0.4) is 0 Å². The van der Waals surface area contributed by atoms with Crippen LogP contribution in [0.25, 0.3) is 0 Å². The van der Waals surface area contributed by atoms with E-state index in [1.807, 2.05) is 12.4 Å². The van der Waals surface area contributed by atoms with Gasteiger partial charge in [-0.25, -0.2) is 0 Å². The molecule has 2 aliphatic rings. The highest BCUT2D eigenvalue weighted by Crippen LogP contribution is 2.27. The van der Waals surface area contributed by atoms with Gasteiger partial charge in [-0.1, -0.05) is 19.3 Å². The molecule has 1 aromatic heterocycles. The Morgan fingerprint density at radius 3 is 2.41 bits per heavy atom. The van der Waals surface area contributed by atoms with Crippen molar-refractivity contribution < 1.29 is 4.79 Å². The summed E-state index contributed by atoms with van der Waals surface area (Å²) in [7, 11) is 0. The number of carbonyl (C=O) groups is 1. The lowest BCUT2D eigenvalue weighted by atomic mass is 9.86. The molecule has 3 rings (SSSR count). The van der Waals surface area contributed by atoms with Crippen molar-refractivity contribution in [3.05, 3.63) is 30.1 Å². The van der Waals surface area contributed by atoms with Crippen molar-refractivity contribution in [1.29, 1.82) is 0 Å². The summed E-state index contributed by atoms with van der Waals surface area (Å²) in [5.41, 5.74) is 1.30. The topological polar surface area (TPSA) is 36.4 Å². The van der Waals surface area contributed by atoms with Crippen LogP contribution < -0.4 is 0 Å². The van der Waals surface area contributed by atoms with Gasteiger partial charge in [-0.15, -0.1) is 0 Å². The molecule has 4 nitrogen and oxygen atoms in total. The summed E-state index contributed by atoms with van der Waals surface area (Å²) in [6, 6.07) is 4.14. The molecular formula is C18H27N3O. The standard InChI is InChI=1S/C18H27N3O/c22-18(14-16-4-2-1-3-5-16)21-12-10-20(11-13-21)15-17-6-8-19-9-7-17/h6-9,16H,1-5,10-15H2. The van der Waals surface area contributed by atoms with Crippen molar-refractivity contribution in [3.8, 4) is 0 Å². The second kappa shape index (κ2) is 7.73. The van der Waals surface area contributed by atoms with E-state index in [2.05, 4.69) is 26.9 Å². The van der Waals surface area contributed by atoms with Crippen molar-refractivity contribution in [1.82, 2.24) is 14.8 Å². The van der Waals surface area contributed by atoms with Crippen LogP contribution in [-0.2, 0) is 11.3 Å². The van der Waals surface area contributed by atoms with Crippen molar-refractivity contribution in [2.45, 2.75) is 45.1 Å². The number of nitrogens with zero attached hydrogens (tertiary/aromatic N) is 3. The molecule has 1 aliphatic heterocycles. The largest absolute Gasteiger partial charge is 0.340 e. The molecule has 1 aliphatic carbocycles. The molecule has 0 unspecified atom stereocenters. The Bertz CT molecular complexity index is 462. The Hall–Kier alpha value is -1.42. The molecule has 4 heteroatoms. The smallest absolute Gasteiger partial charge is 0.222 e. The lowest BCUT2D eigenvalue weighted by molar-refractivity contribution is -0.134. The first kappa shape index (κ1) is 15.5. The monoisotopic (exact) mass is 301 g/mol. The molecule has 1 saturated carbocycles. The van der Waals surface area contributed by atoms with E-state index in [9.17, 15) is 4.79 Å². The first-order chi connectivity index (χ1) is 10.8. The highest BCUT2D eigenvalue weighted by atomic mass is 16.2. The van der Waals surface area contributed by atoms with E-state index in [-0.39, 0.29) is 0 Å². The fourth-order valence-electron chi connectivity index (χ4n) is 3.67. The number of amides is 1. The van der Waals surface area contributed by atoms with E-state index in [1.165, 1.54) is 37.7 Å². The summed E-state index contributed by atoms with van der Waals surface area (Å²) in [5.74, 6) is 1.03. The zero-order chi connectivity index (χ0) is 15.2. The minimum absolute atomic E-state index is 0.385. The van der Waals surface area contributed by atoms with Crippen LogP contribution in [0, 0.1) is 5.92 Å². The van der Waals surface area contributed by atoms with Gasteiger partial charge in [0.05, 0.1) is 0 Å². The van der Waals surface area contributed by atoms with Crippen molar-refractivity contribution in [3.63, 3.8) is 0 Å². The van der Waals surface area contributed by atoms with Crippen molar-refractivity contribution in [2.24, 2.45) is 5.92 Å². The summed E-state index contributed by atoms with van der Waals surface area (Å²) in [6.45, 7) is 4.71. The highest BCUT2D eigenvalue weighted by Gasteiger charge is 2.24. The van der Waals surface area contributed by atoms with E-state index >= 15 is 0 Å². The number of piperazine rings is 1. The summed E-state index contributed by atoms with van der Waals surface area (Å²) in [6.07, 6.45) is 11.0. The molecule has 1 saturated heterocycles. The molecule has 120 valence electrons. The zero-order valence-electron chi connectivity index (χ0n) is 13.4. The molecule has 1 aromatic rings. The lowest BCUT2D eigenvalue weighted by Crippen LogP contribution is -2.48. The zero-order valence-corrected chi connectivity index (χ0v) is 13.4. The van der Waals surface area contributed by atoms with Crippen molar-refractivity contribution in [2.75, 3.05) is 26.2 Å². The summed E-state index contributed by atoms with van der Waals surface area (Å²) in [5, 5.41) is 0. The first-order valence-corrected chi connectivity index (χ1v) is 8.70. The van der Waals surface area contributed by atoms with Gasteiger partial charge < -0.3 is 4.90 Å². The minimum Gasteiger partial charge on any atom is -0.340 e. The third-order valence-electron chi connectivity index (χ3n) is 5.07. The Morgan fingerprint density at radius 2 is 1.73 bits per heavy atom. The average molecular weight is 301 g/mol. The van der Waals surface area contributed by atoms with Crippen LogP contribution in [0.15, 0.2) is 24.5 Å². The number of hydrogen-bond acceptors (Lipinski definition) is 3. The first-order valence-electron chi connectivity index (χ1n) is 8.70. The normalized spacial score (nSPS) is 21.0. The quantitative estimate of drug-likeness (QED) is 0.858. The molecule has 2 heterocycles. The SMILES string of the molecule is O=C(CC1CCCCC1)N1CCN(Cc2ccncc2)CC1. The third-order valence-corrected chi connectivity index (χ3v) is 5.07. The van der Waals surface area contributed by atoms with Gasteiger partial charge in [-0.3, -0.25) is 14.7 Å². The number of pyridine rings is 1. The Kier molecular flexibility index (Phi) is 5.43. The molecule has 0 aromatic carbocycles. The summed E-state index contributed by atoms with van der Waals surface area (Å²) < 4.78 is 0. The maximum absolute atomic E-state index is 12.4. The molecule has 1 amide bonds. The molecule has 0 N–H and O–H groups in total. The van der Waals surface area contributed by atoms with Gasteiger partial charge in [0.15, 0.2) is 0 Å². The second-order valence-electron chi connectivity index (χ2n) is 6.72. The van der Waals surface area contributed by atoms with Gasteiger partial charge >= 0.3 is 0 Å². The van der Waals surface area contributed by atoms with Gasteiger partial charge in [0.1, 0.15) is 0 Å². The molecular weight excluding hydrogens is 274 g/mol. The van der Waals surface area contributed by atoms with Crippen molar-refractivity contribution >= 4 is 5.91 Å². The fraction of sp³-hybridized carbons (Fsp3) is 0.667.